The summed E-state index contributed by atoms with van der Waals surface area (Å²) in [5.41, 5.74) is 5.45. The van der Waals surface area contributed by atoms with E-state index in [0.717, 1.165) is 12.1 Å². The predicted molar refractivity (Wildman–Crippen MR) is 127 cm³/mol. The molecular weight excluding hydrogens is 410 g/mol. The summed E-state index contributed by atoms with van der Waals surface area (Å²) in [6, 6.07) is 26.5. The van der Waals surface area contributed by atoms with Crippen molar-refractivity contribution in [3.05, 3.63) is 101 Å². The summed E-state index contributed by atoms with van der Waals surface area (Å²) in [7, 11) is 0. The van der Waals surface area contributed by atoms with Crippen LogP contribution >= 0.6 is 0 Å². The highest BCUT2D eigenvalue weighted by Crippen LogP contribution is 2.55. The van der Waals surface area contributed by atoms with E-state index in [4.69, 9.17) is 4.74 Å². The topological polar surface area (TPSA) is 46.6 Å². The van der Waals surface area contributed by atoms with Gasteiger partial charge in [-0.05, 0) is 40.8 Å². The summed E-state index contributed by atoms with van der Waals surface area (Å²) < 4.78 is 6.08. The molecule has 33 heavy (non-hydrogen) atoms. The van der Waals surface area contributed by atoms with Gasteiger partial charge in [0.05, 0.1) is 5.92 Å². The molecule has 3 aliphatic carbocycles. The molecule has 4 heteroatoms. The van der Waals surface area contributed by atoms with Crippen molar-refractivity contribution in [3.8, 4) is 0 Å². The Bertz CT molecular complexity index is 1200. The van der Waals surface area contributed by atoms with E-state index >= 15 is 0 Å². The molecule has 3 aromatic rings. The van der Waals surface area contributed by atoms with Gasteiger partial charge in [0, 0.05) is 29.5 Å². The second-order valence-corrected chi connectivity index (χ2v) is 10.2. The fourth-order valence-corrected chi connectivity index (χ4v) is 6.15. The lowest BCUT2D eigenvalue weighted by molar-refractivity contribution is -0.163. The van der Waals surface area contributed by atoms with Crippen LogP contribution in [0.25, 0.3) is 0 Å². The summed E-state index contributed by atoms with van der Waals surface area (Å²) in [6.07, 6.45) is -0.0579. The number of fused-ring (bicyclic) bond motifs is 1. The summed E-state index contributed by atoms with van der Waals surface area (Å²) in [5, 5.41) is 0. The highest BCUT2D eigenvalue weighted by molar-refractivity contribution is 6.01. The number of carbonyl (C=O) groups is 2. The molecule has 1 aliphatic heterocycles. The summed E-state index contributed by atoms with van der Waals surface area (Å²) >= 11 is 0. The number of amides is 1. The molecule has 3 aromatic carbocycles. The van der Waals surface area contributed by atoms with Gasteiger partial charge in [-0.3, -0.25) is 9.59 Å². The van der Waals surface area contributed by atoms with Gasteiger partial charge < -0.3 is 9.64 Å². The first-order valence-electron chi connectivity index (χ1n) is 11.7. The SMILES string of the molecule is CC1(C)CN(c2ccccc2)C(=O)[C@@H]1OC(=O)[C@@H]1CC2c3ccccc3C1c1ccccc12. The molecule has 166 valence electrons. The fourth-order valence-electron chi connectivity index (χ4n) is 6.15. The van der Waals surface area contributed by atoms with E-state index < -0.39 is 11.5 Å². The molecule has 7 rings (SSSR count). The first-order chi connectivity index (χ1) is 16.0. The third-order valence-electron chi connectivity index (χ3n) is 7.68. The number of benzene rings is 3. The Labute approximate surface area is 194 Å². The zero-order valence-corrected chi connectivity index (χ0v) is 18.9. The van der Waals surface area contributed by atoms with E-state index in [2.05, 4.69) is 36.4 Å². The molecule has 2 atom stereocenters. The van der Waals surface area contributed by atoms with E-state index in [1.807, 2.05) is 56.3 Å². The van der Waals surface area contributed by atoms with Crippen LogP contribution in [0.4, 0.5) is 5.69 Å². The lowest BCUT2D eigenvalue weighted by Gasteiger charge is -2.44. The smallest absolute Gasteiger partial charge is 0.310 e. The molecule has 1 amide bonds. The van der Waals surface area contributed by atoms with Crippen molar-refractivity contribution in [2.45, 2.75) is 38.2 Å². The molecule has 1 heterocycles. The Kier molecular flexibility index (Phi) is 4.48. The molecule has 1 saturated heterocycles. The second kappa shape index (κ2) is 7.31. The van der Waals surface area contributed by atoms with Gasteiger partial charge in [0.15, 0.2) is 6.10 Å². The third-order valence-corrected chi connectivity index (χ3v) is 7.68. The predicted octanol–water partition coefficient (Wildman–Crippen LogP) is 5.27. The van der Waals surface area contributed by atoms with Crippen molar-refractivity contribution in [2.24, 2.45) is 11.3 Å². The normalized spacial score (nSPS) is 26.6. The van der Waals surface area contributed by atoms with Gasteiger partial charge in [-0.25, -0.2) is 0 Å². The van der Waals surface area contributed by atoms with E-state index in [1.54, 1.807) is 4.90 Å². The molecule has 0 aromatic heterocycles. The maximum atomic E-state index is 13.6. The van der Waals surface area contributed by atoms with Crippen molar-refractivity contribution in [1.29, 1.82) is 0 Å². The highest BCUT2D eigenvalue weighted by Gasteiger charge is 2.52. The molecule has 0 radical (unpaired) electrons. The van der Waals surface area contributed by atoms with Crippen molar-refractivity contribution in [1.82, 2.24) is 0 Å². The quantitative estimate of drug-likeness (QED) is 0.525. The van der Waals surface area contributed by atoms with E-state index in [9.17, 15) is 9.59 Å². The lowest BCUT2D eigenvalue weighted by Crippen LogP contribution is -2.42. The number of para-hydroxylation sites is 1. The van der Waals surface area contributed by atoms with Gasteiger partial charge >= 0.3 is 5.97 Å². The van der Waals surface area contributed by atoms with E-state index in [-0.39, 0.29) is 29.6 Å². The lowest BCUT2D eigenvalue weighted by atomic mass is 9.59. The molecule has 0 spiro atoms. The zero-order chi connectivity index (χ0) is 22.7. The van der Waals surface area contributed by atoms with Gasteiger partial charge in [-0.15, -0.1) is 0 Å². The average molecular weight is 438 g/mol. The van der Waals surface area contributed by atoms with E-state index in [0.29, 0.717) is 6.54 Å². The summed E-state index contributed by atoms with van der Waals surface area (Å²) in [5.74, 6) is -0.515. The molecule has 0 unspecified atom stereocenters. The van der Waals surface area contributed by atoms with Crippen LogP contribution in [0.3, 0.4) is 0 Å². The number of nitrogens with zero attached hydrogens (tertiary/aromatic N) is 1. The number of rotatable bonds is 3. The molecule has 2 bridgehead atoms. The summed E-state index contributed by atoms with van der Waals surface area (Å²) in [6.45, 7) is 4.53. The van der Waals surface area contributed by atoms with E-state index in [1.165, 1.54) is 22.3 Å². The minimum absolute atomic E-state index is 0.0280. The Morgan fingerprint density at radius 2 is 1.39 bits per heavy atom. The highest BCUT2D eigenvalue weighted by atomic mass is 16.6. The average Bonchev–Trinajstić information content (AvgIpc) is 3.08. The van der Waals surface area contributed by atoms with Crippen molar-refractivity contribution < 1.29 is 14.3 Å². The maximum absolute atomic E-state index is 13.6. The standard InChI is InChI=1S/C29H27NO3/c1-29(2)17-30(18-10-4-3-5-11-18)27(31)26(29)33-28(32)24-16-23-19-12-6-8-14-21(19)25(24)22-15-9-7-13-20(22)23/h3-15,23-26H,16-17H2,1-2H3/t23?,24-,25?,26+/m1/s1. The van der Waals surface area contributed by atoms with Crippen LogP contribution in [0, 0.1) is 11.3 Å². The van der Waals surface area contributed by atoms with Gasteiger partial charge in [-0.1, -0.05) is 80.6 Å². The third kappa shape index (κ3) is 3.04. The number of esters is 1. The Morgan fingerprint density at radius 3 is 2.00 bits per heavy atom. The van der Waals surface area contributed by atoms with Crippen molar-refractivity contribution in [2.75, 3.05) is 11.4 Å². The second-order valence-electron chi connectivity index (χ2n) is 10.2. The molecule has 0 N–H and O–H groups in total. The van der Waals surface area contributed by atoms with Crippen molar-refractivity contribution >= 4 is 17.6 Å². The Balaban J connectivity index is 1.31. The molecule has 1 fully saturated rings. The minimum atomic E-state index is -0.781. The van der Waals surface area contributed by atoms with Crippen molar-refractivity contribution in [3.63, 3.8) is 0 Å². The first-order valence-corrected chi connectivity index (χ1v) is 11.7. The first kappa shape index (κ1) is 20.2. The Hall–Kier alpha value is -3.40. The zero-order valence-electron chi connectivity index (χ0n) is 18.9. The van der Waals surface area contributed by atoms with Crippen LogP contribution in [-0.2, 0) is 14.3 Å². The molecule has 0 saturated carbocycles. The minimum Gasteiger partial charge on any atom is -0.451 e. The van der Waals surface area contributed by atoms with Gasteiger partial charge in [0.25, 0.3) is 5.91 Å². The van der Waals surface area contributed by atoms with Gasteiger partial charge in [0.1, 0.15) is 0 Å². The molecule has 4 nitrogen and oxygen atoms in total. The number of carbonyl (C=O) groups excluding carboxylic acids is 2. The molecular formula is C29H27NO3. The largest absolute Gasteiger partial charge is 0.451 e. The number of anilines is 1. The fraction of sp³-hybridized carbons (Fsp3) is 0.310. The monoisotopic (exact) mass is 437 g/mol. The Morgan fingerprint density at radius 1 is 0.848 bits per heavy atom. The number of hydrogen-bond acceptors (Lipinski definition) is 3. The van der Waals surface area contributed by atoms with Crippen LogP contribution < -0.4 is 4.90 Å². The van der Waals surface area contributed by atoms with Crippen LogP contribution in [0.5, 0.6) is 0 Å². The molecule has 4 aliphatic rings. The summed E-state index contributed by atoms with van der Waals surface area (Å²) in [4.78, 5) is 28.7. The maximum Gasteiger partial charge on any atom is 0.310 e. The van der Waals surface area contributed by atoms with Crippen LogP contribution in [0.1, 0.15) is 54.4 Å². The van der Waals surface area contributed by atoms with Crippen LogP contribution in [0.15, 0.2) is 78.9 Å². The number of ether oxygens (including phenoxy) is 1. The van der Waals surface area contributed by atoms with Gasteiger partial charge in [0.2, 0.25) is 0 Å². The van der Waals surface area contributed by atoms with Gasteiger partial charge in [-0.2, -0.15) is 0 Å². The number of hydrogen-bond donors (Lipinski definition) is 0. The van der Waals surface area contributed by atoms with Crippen LogP contribution in [0.2, 0.25) is 0 Å². The van der Waals surface area contributed by atoms with Crippen LogP contribution in [-0.4, -0.2) is 24.5 Å².